The molecule has 0 spiro atoms. The predicted octanol–water partition coefficient (Wildman–Crippen LogP) is 2.48. The maximum absolute atomic E-state index is 12.2. The number of likely N-dealkylation sites (N-methyl/N-ethyl adjacent to an activating group) is 1. The highest BCUT2D eigenvalue weighted by molar-refractivity contribution is 5.79. The van der Waals surface area contributed by atoms with Crippen molar-refractivity contribution in [2.45, 2.75) is 59.5 Å². The topological polar surface area (TPSA) is 61.9 Å². The number of nitrogens with one attached hydrogen (secondary N) is 1. The van der Waals surface area contributed by atoms with E-state index in [9.17, 15) is 9.59 Å². The molecule has 140 valence electrons. The van der Waals surface area contributed by atoms with Crippen molar-refractivity contribution < 1.29 is 14.3 Å². The van der Waals surface area contributed by atoms with Gasteiger partial charge in [0.25, 0.3) is 0 Å². The fourth-order valence-electron chi connectivity index (χ4n) is 2.72. The SMILES string of the molecule is CCN(CC)CCNC(=O)C1CCN(C(=O)OC(C)(C)CC)CC1. The van der Waals surface area contributed by atoms with E-state index in [2.05, 4.69) is 24.1 Å². The largest absolute Gasteiger partial charge is 0.443 e. The number of ether oxygens (including phenoxy) is 1. The molecule has 24 heavy (non-hydrogen) atoms. The van der Waals surface area contributed by atoms with Crippen molar-refractivity contribution in [1.29, 1.82) is 0 Å². The van der Waals surface area contributed by atoms with E-state index in [0.29, 0.717) is 32.5 Å². The lowest BCUT2D eigenvalue weighted by Gasteiger charge is -2.33. The first-order valence-electron chi connectivity index (χ1n) is 9.30. The molecule has 0 radical (unpaired) electrons. The van der Waals surface area contributed by atoms with Crippen LogP contribution < -0.4 is 5.32 Å². The van der Waals surface area contributed by atoms with Gasteiger partial charge in [-0.25, -0.2) is 4.79 Å². The van der Waals surface area contributed by atoms with E-state index in [1.54, 1.807) is 4.90 Å². The van der Waals surface area contributed by atoms with E-state index < -0.39 is 5.60 Å². The van der Waals surface area contributed by atoms with E-state index >= 15 is 0 Å². The molecule has 1 aliphatic heterocycles. The highest BCUT2D eigenvalue weighted by atomic mass is 16.6. The van der Waals surface area contributed by atoms with Crippen LogP contribution in [0.25, 0.3) is 0 Å². The molecule has 6 heteroatoms. The number of carbonyl (C=O) groups excluding carboxylic acids is 2. The summed E-state index contributed by atoms with van der Waals surface area (Å²) in [7, 11) is 0. The maximum atomic E-state index is 12.2. The van der Waals surface area contributed by atoms with E-state index in [-0.39, 0.29) is 17.9 Å². The van der Waals surface area contributed by atoms with Crippen molar-refractivity contribution in [3.63, 3.8) is 0 Å². The Hall–Kier alpha value is -1.30. The number of rotatable bonds is 8. The van der Waals surface area contributed by atoms with Gasteiger partial charge < -0.3 is 19.9 Å². The van der Waals surface area contributed by atoms with Gasteiger partial charge in [-0.2, -0.15) is 0 Å². The highest BCUT2D eigenvalue weighted by Gasteiger charge is 2.30. The number of piperidine rings is 1. The molecule has 1 rings (SSSR count). The lowest BCUT2D eigenvalue weighted by Crippen LogP contribution is -2.46. The monoisotopic (exact) mass is 341 g/mol. The first-order valence-corrected chi connectivity index (χ1v) is 9.30. The standard InChI is InChI=1S/C18H35N3O3/c1-6-18(4,5)24-17(23)21-12-9-15(10-13-21)16(22)19-11-14-20(7-2)8-3/h15H,6-14H2,1-5H3,(H,19,22). The summed E-state index contributed by atoms with van der Waals surface area (Å²) >= 11 is 0. The third kappa shape index (κ3) is 6.67. The molecule has 0 aromatic rings. The fraction of sp³-hybridized carbons (Fsp3) is 0.889. The quantitative estimate of drug-likeness (QED) is 0.737. The molecule has 1 fully saturated rings. The van der Waals surface area contributed by atoms with Gasteiger partial charge in [0.1, 0.15) is 5.60 Å². The summed E-state index contributed by atoms with van der Waals surface area (Å²) in [6.07, 6.45) is 1.93. The minimum absolute atomic E-state index is 0.00457. The van der Waals surface area contributed by atoms with Gasteiger partial charge in [-0.3, -0.25) is 4.79 Å². The van der Waals surface area contributed by atoms with E-state index in [4.69, 9.17) is 4.74 Å². The Labute approximate surface area is 146 Å². The number of carbonyl (C=O) groups is 2. The molecule has 0 saturated carbocycles. The summed E-state index contributed by atoms with van der Waals surface area (Å²) in [6.45, 7) is 14.8. The summed E-state index contributed by atoms with van der Waals surface area (Å²) in [4.78, 5) is 28.4. The molecule has 0 atom stereocenters. The van der Waals surface area contributed by atoms with Crippen LogP contribution >= 0.6 is 0 Å². The number of hydrogen-bond donors (Lipinski definition) is 1. The zero-order valence-electron chi connectivity index (χ0n) is 16.1. The van der Waals surface area contributed by atoms with E-state index in [1.165, 1.54) is 0 Å². The number of nitrogens with zero attached hydrogens (tertiary/aromatic N) is 2. The molecule has 1 saturated heterocycles. The van der Waals surface area contributed by atoms with Gasteiger partial charge in [0, 0.05) is 32.1 Å². The van der Waals surface area contributed by atoms with Crippen molar-refractivity contribution in [2.24, 2.45) is 5.92 Å². The van der Waals surface area contributed by atoms with Gasteiger partial charge in [-0.05, 0) is 46.2 Å². The zero-order chi connectivity index (χ0) is 18.2. The van der Waals surface area contributed by atoms with Crippen molar-refractivity contribution in [3.05, 3.63) is 0 Å². The van der Waals surface area contributed by atoms with Crippen molar-refractivity contribution in [2.75, 3.05) is 39.3 Å². The van der Waals surface area contributed by atoms with Crippen LogP contribution in [0.1, 0.15) is 53.9 Å². The van der Waals surface area contributed by atoms with E-state index in [0.717, 1.165) is 26.1 Å². The van der Waals surface area contributed by atoms with Crippen molar-refractivity contribution in [1.82, 2.24) is 15.1 Å². The minimum atomic E-state index is -0.435. The van der Waals surface area contributed by atoms with Crippen LogP contribution in [0.3, 0.4) is 0 Å². The van der Waals surface area contributed by atoms with Gasteiger partial charge in [0.05, 0.1) is 0 Å². The molecule has 2 amide bonds. The second-order valence-electron chi connectivity index (χ2n) is 7.06. The minimum Gasteiger partial charge on any atom is -0.443 e. The number of hydrogen-bond acceptors (Lipinski definition) is 4. The fourth-order valence-corrected chi connectivity index (χ4v) is 2.72. The molecular weight excluding hydrogens is 306 g/mol. The van der Waals surface area contributed by atoms with Crippen LogP contribution in [0.15, 0.2) is 0 Å². The molecule has 0 bridgehead atoms. The average molecular weight is 341 g/mol. The third-order valence-electron chi connectivity index (χ3n) is 4.96. The molecular formula is C18H35N3O3. The Kier molecular flexibility index (Phi) is 8.53. The molecule has 1 aliphatic rings. The summed E-state index contributed by atoms with van der Waals surface area (Å²) in [5.41, 5.74) is -0.435. The molecule has 0 aliphatic carbocycles. The van der Waals surface area contributed by atoms with E-state index in [1.807, 2.05) is 20.8 Å². The smallest absolute Gasteiger partial charge is 0.410 e. The second-order valence-corrected chi connectivity index (χ2v) is 7.06. The Bertz CT molecular complexity index is 400. The average Bonchev–Trinajstić information content (AvgIpc) is 2.58. The third-order valence-corrected chi connectivity index (χ3v) is 4.96. The first kappa shape index (κ1) is 20.7. The van der Waals surface area contributed by atoms with Gasteiger partial charge in [-0.1, -0.05) is 20.8 Å². The molecule has 0 aromatic heterocycles. The van der Waals surface area contributed by atoms with Crippen LogP contribution in [0.5, 0.6) is 0 Å². The van der Waals surface area contributed by atoms with Crippen LogP contribution in [0.4, 0.5) is 4.79 Å². The van der Waals surface area contributed by atoms with Gasteiger partial charge in [0.15, 0.2) is 0 Å². The van der Waals surface area contributed by atoms with Gasteiger partial charge >= 0.3 is 6.09 Å². The lowest BCUT2D eigenvalue weighted by molar-refractivity contribution is -0.126. The summed E-state index contributed by atoms with van der Waals surface area (Å²) in [5.74, 6) is 0.119. The Morgan fingerprint density at radius 2 is 1.75 bits per heavy atom. The Morgan fingerprint density at radius 3 is 2.25 bits per heavy atom. The zero-order valence-corrected chi connectivity index (χ0v) is 16.1. The normalized spacial score (nSPS) is 16.3. The predicted molar refractivity (Wildman–Crippen MR) is 95.9 cm³/mol. The summed E-state index contributed by atoms with van der Waals surface area (Å²) in [6, 6.07) is 0. The van der Waals surface area contributed by atoms with Crippen molar-refractivity contribution >= 4 is 12.0 Å². The Balaban J connectivity index is 2.32. The first-order chi connectivity index (χ1) is 11.3. The molecule has 1 N–H and O–H groups in total. The molecule has 1 heterocycles. The van der Waals surface area contributed by atoms with Crippen LogP contribution in [0, 0.1) is 5.92 Å². The second kappa shape index (κ2) is 9.87. The lowest BCUT2D eigenvalue weighted by atomic mass is 9.96. The van der Waals surface area contributed by atoms with Crippen LogP contribution in [-0.4, -0.2) is 66.7 Å². The number of amides is 2. The van der Waals surface area contributed by atoms with Crippen molar-refractivity contribution in [3.8, 4) is 0 Å². The van der Waals surface area contributed by atoms with Gasteiger partial charge in [-0.15, -0.1) is 0 Å². The molecule has 0 aromatic carbocycles. The number of likely N-dealkylation sites (tertiary alicyclic amines) is 1. The van der Waals surface area contributed by atoms with Crippen LogP contribution in [0.2, 0.25) is 0 Å². The molecule has 0 unspecified atom stereocenters. The summed E-state index contributed by atoms with van der Waals surface area (Å²) < 4.78 is 5.52. The maximum Gasteiger partial charge on any atom is 0.410 e. The highest BCUT2D eigenvalue weighted by Crippen LogP contribution is 2.21. The summed E-state index contributed by atoms with van der Waals surface area (Å²) in [5, 5.41) is 3.03. The van der Waals surface area contributed by atoms with Gasteiger partial charge in [0.2, 0.25) is 5.91 Å². The van der Waals surface area contributed by atoms with Crippen LogP contribution in [-0.2, 0) is 9.53 Å². The molecule has 6 nitrogen and oxygen atoms in total. The Morgan fingerprint density at radius 1 is 1.17 bits per heavy atom.